The molecule has 0 unspecified atom stereocenters. The van der Waals surface area contributed by atoms with Crippen LogP contribution >= 0.6 is 0 Å². The van der Waals surface area contributed by atoms with Crippen LogP contribution in [-0.4, -0.2) is 16.1 Å². The molecular weight excluding hydrogens is 217 g/mol. The minimum absolute atomic E-state index is 0.215. The lowest BCUT2D eigenvalue weighted by atomic mass is 10.1. The summed E-state index contributed by atoms with van der Waals surface area (Å²) in [6.07, 6.45) is 7.80. The largest absolute Gasteiger partial charge is 0.330 e. The lowest BCUT2D eigenvalue weighted by Gasteiger charge is -2.06. The molecule has 1 aromatic heterocycles. The molecule has 0 atom stereocenters. The topological polar surface area (TPSA) is 43.8 Å². The zero-order valence-electron chi connectivity index (χ0n) is 9.64. The lowest BCUT2D eigenvalue weighted by molar-refractivity contribution is 0.614. The zero-order valence-corrected chi connectivity index (χ0v) is 9.64. The van der Waals surface area contributed by atoms with Crippen molar-refractivity contribution in [3.8, 4) is 5.69 Å². The average molecular weight is 233 g/mol. The normalized spacial score (nSPS) is 10.7. The molecule has 0 aliphatic carbocycles. The van der Waals surface area contributed by atoms with Crippen LogP contribution in [0.1, 0.15) is 18.4 Å². The number of nitrogens with two attached hydrogens (primary N) is 1. The zero-order chi connectivity index (χ0) is 12.1. The number of unbranched alkanes of at least 4 members (excludes halogenated alkanes) is 1. The molecule has 17 heavy (non-hydrogen) atoms. The van der Waals surface area contributed by atoms with E-state index in [0.29, 0.717) is 12.2 Å². The number of benzene rings is 1. The minimum Gasteiger partial charge on any atom is -0.330 e. The first kappa shape index (κ1) is 11.8. The van der Waals surface area contributed by atoms with Gasteiger partial charge in [-0.25, -0.2) is 9.37 Å². The number of aromatic nitrogens is 2. The number of nitrogens with zero attached hydrogens (tertiary/aromatic N) is 2. The maximum Gasteiger partial charge on any atom is 0.147 e. The van der Waals surface area contributed by atoms with Crippen molar-refractivity contribution in [2.75, 3.05) is 6.54 Å². The molecule has 2 N–H and O–H groups in total. The molecule has 90 valence electrons. The van der Waals surface area contributed by atoms with E-state index in [-0.39, 0.29) is 5.82 Å². The highest BCUT2D eigenvalue weighted by Gasteiger charge is 2.04. The molecule has 0 aliphatic rings. The van der Waals surface area contributed by atoms with E-state index in [1.165, 1.54) is 0 Å². The van der Waals surface area contributed by atoms with Crippen LogP contribution in [0.4, 0.5) is 4.39 Å². The van der Waals surface area contributed by atoms with Crippen LogP contribution in [-0.2, 0) is 6.42 Å². The van der Waals surface area contributed by atoms with Crippen LogP contribution < -0.4 is 5.73 Å². The molecule has 1 heterocycles. The smallest absolute Gasteiger partial charge is 0.147 e. The van der Waals surface area contributed by atoms with E-state index in [1.54, 1.807) is 35.4 Å². The van der Waals surface area contributed by atoms with E-state index < -0.39 is 0 Å². The summed E-state index contributed by atoms with van der Waals surface area (Å²) in [5, 5.41) is 0. The molecule has 0 saturated carbocycles. The second-order valence-corrected chi connectivity index (χ2v) is 4.00. The molecule has 3 nitrogen and oxygen atoms in total. The first-order valence-corrected chi connectivity index (χ1v) is 5.78. The van der Waals surface area contributed by atoms with E-state index in [0.717, 1.165) is 24.8 Å². The van der Waals surface area contributed by atoms with Gasteiger partial charge in [-0.1, -0.05) is 6.07 Å². The average Bonchev–Trinajstić information content (AvgIpc) is 2.83. The molecule has 2 aromatic rings. The first-order valence-electron chi connectivity index (χ1n) is 5.78. The molecule has 0 bridgehead atoms. The molecule has 0 spiro atoms. The maximum atomic E-state index is 13.8. The van der Waals surface area contributed by atoms with Crippen molar-refractivity contribution in [2.24, 2.45) is 5.73 Å². The van der Waals surface area contributed by atoms with Crippen LogP contribution in [0.3, 0.4) is 0 Å². The Morgan fingerprint density at radius 3 is 2.82 bits per heavy atom. The number of rotatable bonds is 5. The maximum absolute atomic E-state index is 13.8. The van der Waals surface area contributed by atoms with Crippen molar-refractivity contribution < 1.29 is 4.39 Å². The number of halogens is 1. The summed E-state index contributed by atoms with van der Waals surface area (Å²) in [4.78, 5) is 3.91. The van der Waals surface area contributed by atoms with Crippen molar-refractivity contribution in [3.63, 3.8) is 0 Å². The minimum atomic E-state index is -0.215. The van der Waals surface area contributed by atoms with Crippen LogP contribution in [0.2, 0.25) is 0 Å². The van der Waals surface area contributed by atoms with Gasteiger partial charge in [0, 0.05) is 12.4 Å². The number of hydrogen-bond acceptors (Lipinski definition) is 2. The molecule has 0 amide bonds. The van der Waals surface area contributed by atoms with Crippen molar-refractivity contribution >= 4 is 0 Å². The Hall–Kier alpha value is -1.68. The molecule has 4 heteroatoms. The third-order valence-electron chi connectivity index (χ3n) is 2.71. The Labute approximate surface area is 100 Å². The third-order valence-corrected chi connectivity index (χ3v) is 2.71. The fourth-order valence-electron chi connectivity index (χ4n) is 1.79. The van der Waals surface area contributed by atoms with Crippen LogP contribution in [0, 0.1) is 5.82 Å². The van der Waals surface area contributed by atoms with Crippen molar-refractivity contribution in [3.05, 3.63) is 48.3 Å². The predicted octanol–water partition coefficient (Wildman–Crippen LogP) is 2.29. The van der Waals surface area contributed by atoms with Gasteiger partial charge in [0.1, 0.15) is 5.82 Å². The highest BCUT2D eigenvalue weighted by atomic mass is 19.1. The third kappa shape index (κ3) is 2.91. The molecule has 2 rings (SSSR count). The van der Waals surface area contributed by atoms with Crippen LogP contribution in [0.15, 0.2) is 36.9 Å². The highest BCUT2D eigenvalue weighted by molar-refractivity contribution is 5.36. The second-order valence-electron chi connectivity index (χ2n) is 4.00. The fraction of sp³-hybridized carbons (Fsp3) is 0.308. The van der Waals surface area contributed by atoms with Gasteiger partial charge in [0.15, 0.2) is 0 Å². The Bertz CT molecular complexity index is 466. The van der Waals surface area contributed by atoms with E-state index in [4.69, 9.17) is 5.73 Å². The van der Waals surface area contributed by atoms with Crippen LogP contribution in [0.5, 0.6) is 0 Å². The summed E-state index contributed by atoms with van der Waals surface area (Å²) in [5.74, 6) is -0.215. The Kier molecular flexibility index (Phi) is 3.88. The van der Waals surface area contributed by atoms with E-state index in [1.807, 2.05) is 6.07 Å². The van der Waals surface area contributed by atoms with Crippen molar-refractivity contribution in [2.45, 2.75) is 19.3 Å². The van der Waals surface area contributed by atoms with Gasteiger partial charge in [0.2, 0.25) is 0 Å². The summed E-state index contributed by atoms with van der Waals surface area (Å²) in [7, 11) is 0. The second kappa shape index (κ2) is 5.59. The molecule has 0 radical (unpaired) electrons. The Morgan fingerprint density at radius 2 is 2.18 bits per heavy atom. The summed E-state index contributed by atoms with van der Waals surface area (Å²) in [6, 6.07) is 5.33. The monoisotopic (exact) mass is 233 g/mol. The quantitative estimate of drug-likeness (QED) is 0.805. The van der Waals surface area contributed by atoms with Gasteiger partial charge in [0.25, 0.3) is 0 Å². The van der Waals surface area contributed by atoms with E-state index in [9.17, 15) is 4.39 Å². The lowest BCUT2D eigenvalue weighted by Crippen LogP contribution is -2.00. The highest BCUT2D eigenvalue weighted by Crippen LogP contribution is 2.16. The predicted molar refractivity (Wildman–Crippen MR) is 65.5 cm³/mol. The standard InChI is InChI=1S/C13H16FN3/c14-12-9-11(3-1-2-6-15)4-5-13(12)17-8-7-16-10-17/h4-5,7-10H,1-3,6,15H2. The van der Waals surface area contributed by atoms with Crippen LogP contribution in [0.25, 0.3) is 5.69 Å². The number of imidazole rings is 1. The molecule has 0 fully saturated rings. The molecule has 0 aliphatic heterocycles. The molecule has 0 saturated heterocycles. The van der Waals surface area contributed by atoms with Gasteiger partial charge in [-0.15, -0.1) is 0 Å². The summed E-state index contributed by atoms with van der Waals surface area (Å²) >= 11 is 0. The Balaban J connectivity index is 2.12. The van der Waals surface area contributed by atoms with E-state index >= 15 is 0 Å². The molecule has 1 aromatic carbocycles. The van der Waals surface area contributed by atoms with Gasteiger partial charge in [-0.05, 0) is 43.5 Å². The van der Waals surface area contributed by atoms with Gasteiger partial charge < -0.3 is 10.3 Å². The number of hydrogen-bond donors (Lipinski definition) is 1. The van der Waals surface area contributed by atoms with Crippen molar-refractivity contribution in [1.82, 2.24) is 9.55 Å². The first-order chi connectivity index (χ1) is 8.31. The van der Waals surface area contributed by atoms with Gasteiger partial charge in [0.05, 0.1) is 12.0 Å². The summed E-state index contributed by atoms with van der Waals surface area (Å²) in [5.41, 5.74) is 6.97. The van der Waals surface area contributed by atoms with E-state index in [2.05, 4.69) is 4.98 Å². The summed E-state index contributed by atoms with van der Waals surface area (Å²) in [6.45, 7) is 0.690. The van der Waals surface area contributed by atoms with Crippen molar-refractivity contribution in [1.29, 1.82) is 0 Å². The summed E-state index contributed by atoms with van der Waals surface area (Å²) < 4.78 is 15.5. The number of aryl methyl sites for hydroxylation is 1. The Morgan fingerprint density at radius 1 is 1.29 bits per heavy atom. The van der Waals surface area contributed by atoms with Gasteiger partial charge >= 0.3 is 0 Å². The molecular formula is C13H16FN3. The van der Waals surface area contributed by atoms with Gasteiger partial charge in [-0.2, -0.15) is 0 Å². The SMILES string of the molecule is NCCCCc1ccc(-n2ccnc2)c(F)c1. The van der Waals surface area contributed by atoms with Gasteiger partial charge in [-0.3, -0.25) is 0 Å². The fourth-order valence-corrected chi connectivity index (χ4v) is 1.79.